The first-order chi connectivity index (χ1) is 15.8. The van der Waals surface area contributed by atoms with Crippen molar-refractivity contribution in [2.24, 2.45) is 0 Å². The molecular formula is C25H20F6O3. The van der Waals surface area contributed by atoms with E-state index in [0.717, 1.165) is 24.3 Å². The van der Waals surface area contributed by atoms with Gasteiger partial charge in [0.25, 0.3) is 0 Å². The zero-order chi connectivity index (χ0) is 25.3. The van der Waals surface area contributed by atoms with E-state index >= 15 is 0 Å². The average molecular weight is 482 g/mol. The Bertz CT molecular complexity index is 1150. The van der Waals surface area contributed by atoms with Crippen molar-refractivity contribution in [2.75, 3.05) is 0 Å². The molecule has 1 unspecified atom stereocenters. The zero-order valence-corrected chi connectivity index (χ0v) is 18.0. The summed E-state index contributed by atoms with van der Waals surface area (Å²) in [5.74, 6) is -1.26. The molecule has 9 heteroatoms. The van der Waals surface area contributed by atoms with Crippen LogP contribution in [-0.2, 0) is 21.9 Å². The van der Waals surface area contributed by atoms with E-state index in [9.17, 15) is 36.2 Å². The quantitative estimate of drug-likeness (QED) is 0.368. The van der Waals surface area contributed by atoms with Gasteiger partial charge in [-0.2, -0.15) is 26.3 Å². The van der Waals surface area contributed by atoms with Crippen molar-refractivity contribution in [2.45, 2.75) is 38.4 Å². The second-order valence-corrected chi connectivity index (χ2v) is 7.86. The second kappa shape index (κ2) is 9.50. The number of hydrogen-bond acceptors (Lipinski definition) is 2. The first kappa shape index (κ1) is 25.3. The van der Waals surface area contributed by atoms with E-state index in [2.05, 4.69) is 0 Å². The first-order valence-corrected chi connectivity index (χ1v) is 10.1. The summed E-state index contributed by atoms with van der Waals surface area (Å²) >= 11 is 0. The number of ether oxygens (including phenoxy) is 1. The van der Waals surface area contributed by atoms with Gasteiger partial charge in [0, 0.05) is 0 Å². The third-order valence-electron chi connectivity index (χ3n) is 5.03. The molecule has 0 spiro atoms. The molecule has 34 heavy (non-hydrogen) atoms. The Hall–Kier alpha value is -3.33. The van der Waals surface area contributed by atoms with Crippen LogP contribution in [0, 0.1) is 0 Å². The Morgan fingerprint density at radius 3 is 1.56 bits per heavy atom. The van der Waals surface area contributed by atoms with Crippen molar-refractivity contribution >= 4 is 5.97 Å². The Balaban J connectivity index is 2.16. The predicted molar refractivity (Wildman–Crippen MR) is 114 cm³/mol. The molecule has 0 bridgehead atoms. The lowest BCUT2D eigenvalue weighted by Gasteiger charge is -2.20. The molecule has 1 N–H and O–H groups in total. The van der Waals surface area contributed by atoms with Crippen molar-refractivity contribution in [1.29, 1.82) is 0 Å². The van der Waals surface area contributed by atoms with Gasteiger partial charge in [-0.15, -0.1) is 0 Å². The summed E-state index contributed by atoms with van der Waals surface area (Å²) in [4.78, 5) is 11.8. The van der Waals surface area contributed by atoms with E-state index in [1.165, 1.54) is 42.5 Å². The molecular weight excluding hydrogens is 462 g/mol. The van der Waals surface area contributed by atoms with Gasteiger partial charge < -0.3 is 9.84 Å². The summed E-state index contributed by atoms with van der Waals surface area (Å²) in [6.07, 6.45) is -10.8. The first-order valence-electron chi connectivity index (χ1n) is 10.1. The van der Waals surface area contributed by atoms with Crippen molar-refractivity contribution < 1.29 is 41.0 Å². The number of alkyl halides is 6. The van der Waals surface area contributed by atoms with E-state index in [0.29, 0.717) is 22.3 Å². The van der Waals surface area contributed by atoms with Gasteiger partial charge in [-0.25, -0.2) is 4.79 Å². The molecule has 3 nitrogen and oxygen atoms in total. The van der Waals surface area contributed by atoms with Gasteiger partial charge >= 0.3 is 18.3 Å². The Kier molecular flexibility index (Phi) is 7.07. The summed E-state index contributed by atoms with van der Waals surface area (Å²) in [5, 5.41) is 9.60. The third-order valence-corrected chi connectivity index (χ3v) is 5.03. The second-order valence-electron chi connectivity index (χ2n) is 7.86. The standard InChI is InChI=1S/C25H20F6O3/c1-14(2)34-22(23(32)33)17-7-12-20(15-3-8-18(9-4-15)24(26,27)28)21(13-17)16-5-10-19(11-6-16)25(29,30)31/h3-14,22H,1-2H3,(H,32,33). The van der Waals surface area contributed by atoms with Gasteiger partial charge in [0.1, 0.15) is 0 Å². The normalized spacial score (nSPS) is 13.2. The highest BCUT2D eigenvalue weighted by molar-refractivity contribution is 5.85. The number of hydrogen-bond donors (Lipinski definition) is 1. The fourth-order valence-electron chi connectivity index (χ4n) is 3.44. The third kappa shape index (κ3) is 5.77. The zero-order valence-electron chi connectivity index (χ0n) is 18.0. The highest BCUT2D eigenvalue weighted by Crippen LogP contribution is 2.38. The number of halogens is 6. The lowest BCUT2D eigenvalue weighted by molar-refractivity contribution is -0.153. The molecule has 0 fully saturated rings. The van der Waals surface area contributed by atoms with E-state index in [1.54, 1.807) is 13.8 Å². The van der Waals surface area contributed by atoms with Crippen LogP contribution in [0.5, 0.6) is 0 Å². The van der Waals surface area contributed by atoms with Crippen LogP contribution >= 0.6 is 0 Å². The van der Waals surface area contributed by atoms with Gasteiger partial charge in [-0.3, -0.25) is 0 Å². The lowest BCUT2D eigenvalue weighted by Crippen LogP contribution is -2.19. The maximum Gasteiger partial charge on any atom is 0.416 e. The maximum absolute atomic E-state index is 13.0. The van der Waals surface area contributed by atoms with Crippen LogP contribution in [0.3, 0.4) is 0 Å². The lowest BCUT2D eigenvalue weighted by atomic mass is 9.90. The van der Waals surface area contributed by atoms with E-state index < -0.39 is 41.7 Å². The molecule has 0 saturated heterocycles. The Morgan fingerprint density at radius 1 is 0.735 bits per heavy atom. The van der Waals surface area contributed by atoms with Crippen LogP contribution in [0.1, 0.15) is 36.6 Å². The van der Waals surface area contributed by atoms with Crippen LogP contribution in [0.15, 0.2) is 66.7 Å². The molecule has 0 radical (unpaired) electrons. The minimum atomic E-state index is -4.55. The predicted octanol–water partition coefficient (Wildman–Crippen LogP) is 7.61. The number of carboxylic acid groups (broad SMARTS) is 1. The smallest absolute Gasteiger partial charge is 0.416 e. The Labute approximate surface area is 191 Å². The van der Waals surface area contributed by atoms with Crippen molar-refractivity contribution in [3.63, 3.8) is 0 Å². The SMILES string of the molecule is CC(C)OC(C(=O)O)c1ccc(-c2ccc(C(F)(F)F)cc2)c(-c2ccc(C(F)(F)F)cc2)c1. The molecule has 3 aromatic carbocycles. The van der Waals surface area contributed by atoms with Crippen molar-refractivity contribution in [1.82, 2.24) is 0 Å². The summed E-state index contributed by atoms with van der Waals surface area (Å²) < 4.78 is 83.4. The highest BCUT2D eigenvalue weighted by atomic mass is 19.4. The fraction of sp³-hybridized carbons (Fsp3) is 0.240. The monoisotopic (exact) mass is 482 g/mol. The molecule has 0 aliphatic carbocycles. The number of carbonyl (C=O) groups is 1. The van der Waals surface area contributed by atoms with Crippen molar-refractivity contribution in [3.8, 4) is 22.3 Å². The molecule has 3 rings (SSSR count). The van der Waals surface area contributed by atoms with Gasteiger partial charge in [-0.05, 0) is 72.0 Å². The highest BCUT2D eigenvalue weighted by Gasteiger charge is 2.31. The van der Waals surface area contributed by atoms with Crippen LogP contribution < -0.4 is 0 Å². The minimum Gasteiger partial charge on any atom is -0.479 e. The molecule has 0 aliphatic heterocycles. The van der Waals surface area contributed by atoms with Gasteiger partial charge in [-0.1, -0.05) is 36.4 Å². The summed E-state index contributed by atoms with van der Waals surface area (Å²) in [5.41, 5.74) is 0.0158. The summed E-state index contributed by atoms with van der Waals surface area (Å²) in [6, 6.07) is 13.0. The summed E-state index contributed by atoms with van der Waals surface area (Å²) in [7, 11) is 0. The van der Waals surface area contributed by atoms with E-state index in [-0.39, 0.29) is 5.56 Å². The van der Waals surface area contributed by atoms with Crippen LogP contribution in [0.25, 0.3) is 22.3 Å². The largest absolute Gasteiger partial charge is 0.479 e. The molecule has 1 atom stereocenters. The number of carboxylic acids is 1. The molecule has 0 amide bonds. The van der Waals surface area contributed by atoms with E-state index in [1.807, 2.05) is 0 Å². The van der Waals surface area contributed by atoms with Gasteiger partial charge in [0.15, 0.2) is 6.10 Å². The molecule has 0 aromatic heterocycles. The molecule has 0 heterocycles. The topological polar surface area (TPSA) is 46.5 Å². The summed E-state index contributed by atoms with van der Waals surface area (Å²) in [6.45, 7) is 3.31. The van der Waals surface area contributed by atoms with Gasteiger partial charge in [0.05, 0.1) is 17.2 Å². The Morgan fingerprint density at radius 2 is 1.18 bits per heavy atom. The fourth-order valence-corrected chi connectivity index (χ4v) is 3.44. The average Bonchev–Trinajstić information content (AvgIpc) is 2.76. The molecule has 3 aromatic rings. The number of rotatable bonds is 6. The molecule has 0 saturated carbocycles. The maximum atomic E-state index is 13.0. The number of aliphatic carboxylic acids is 1. The molecule has 0 aliphatic rings. The van der Waals surface area contributed by atoms with Crippen LogP contribution in [-0.4, -0.2) is 17.2 Å². The van der Waals surface area contributed by atoms with E-state index in [4.69, 9.17) is 4.74 Å². The van der Waals surface area contributed by atoms with Crippen LogP contribution in [0.2, 0.25) is 0 Å². The van der Waals surface area contributed by atoms with Crippen molar-refractivity contribution in [3.05, 3.63) is 83.4 Å². The van der Waals surface area contributed by atoms with Gasteiger partial charge in [0.2, 0.25) is 0 Å². The minimum absolute atomic E-state index is 0.242. The molecule has 180 valence electrons. The van der Waals surface area contributed by atoms with Crippen LogP contribution in [0.4, 0.5) is 26.3 Å². The number of benzene rings is 3.